The van der Waals surface area contributed by atoms with Crippen LogP contribution >= 0.6 is 23.2 Å². The number of carbonyl (C=O) groups excluding carboxylic acids is 1. The molecule has 18 heavy (non-hydrogen) atoms. The number of carbonyl (C=O) groups is 1. The summed E-state index contributed by atoms with van der Waals surface area (Å²) in [6.45, 7) is 1.71. The summed E-state index contributed by atoms with van der Waals surface area (Å²) in [5.41, 5.74) is 6.60. The zero-order chi connectivity index (χ0) is 13.1. The third-order valence-corrected chi connectivity index (χ3v) is 3.54. The average Bonchev–Trinajstić information content (AvgIpc) is 2.74. The molecule has 0 bridgehead atoms. The van der Waals surface area contributed by atoms with Crippen LogP contribution in [0.4, 0.5) is 4.79 Å². The van der Waals surface area contributed by atoms with Crippen molar-refractivity contribution >= 4 is 29.2 Å². The van der Waals surface area contributed by atoms with Gasteiger partial charge in [0, 0.05) is 35.7 Å². The highest BCUT2D eigenvalue weighted by Gasteiger charge is 2.23. The van der Waals surface area contributed by atoms with Gasteiger partial charge >= 0.3 is 6.03 Å². The van der Waals surface area contributed by atoms with Gasteiger partial charge in [-0.25, -0.2) is 4.79 Å². The highest BCUT2D eigenvalue weighted by Crippen LogP contribution is 2.20. The van der Waals surface area contributed by atoms with E-state index in [0.29, 0.717) is 29.7 Å². The number of likely N-dealkylation sites (tertiary alicyclic amines) is 1. The highest BCUT2D eigenvalue weighted by atomic mass is 35.5. The van der Waals surface area contributed by atoms with Gasteiger partial charge in [-0.1, -0.05) is 29.3 Å². The maximum atomic E-state index is 11.8. The molecule has 2 amide bonds. The Kier molecular flexibility index (Phi) is 4.32. The molecule has 0 saturated carbocycles. The van der Waals surface area contributed by atoms with E-state index in [-0.39, 0.29) is 12.1 Å². The van der Waals surface area contributed by atoms with Crippen molar-refractivity contribution in [2.24, 2.45) is 5.73 Å². The first-order valence-corrected chi connectivity index (χ1v) is 6.54. The summed E-state index contributed by atoms with van der Waals surface area (Å²) in [5.74, 6) is 0. The summed E-state index contributed by atoms with van der Waals surface area (Å²) in [6.07, 6.45) is 0.856. The van der Waals surface area contributed by atoms with Gasteiger partial charge in [0.15, 0.2) is 0 Å². The molecule has 2 rings (SSSR count). The number of hydrogen-bond donors (Lipinski definition) is 2. The zero-order valence-corrected chi connectivity index (χ0v) is 11.3. The van der Waals surface area contributed by atoms with Crippen LogP contribution in [0.2, 0.25) is 10.0 Å². The molecular weight excluding hydrogens is 273 g/mol. The lowest BCUT2D eigenvalue weighted by Crippen LogP contribution is -2.39. The Morgan fingerprint density at radius 2 is 2.28 bits per heavy atom. The molecule has 0 aliphatic carbocycles. The molecule has 98 valence electrons. The number of hydrogen-bond acceptors (Lipinski definition) is 2. The fraction of sp³-hybridized carbons (Fsp3) is 0.417. The smallest absolute Gasteiger partial charge is 0.317 e. The summed E-state index contributed by atoms with van der Waals surface area (Å²) in [6, 6.07) is 5.21. The first-order chi connectivity index (χ1) is 8.56. The summed E-state index contributed by atoms with van der Waals surface area (Å²) >= 11 is 11.8. The van der Waals surface area contributed by atoms with E-state index >= 15 is 0 Å². The van der Waals surface area contributed by atoms with Crippen molar-refractivity contribution in [3.8, 4) is 0 Å². The van der Waals surface area contributed by atoms with Crippen LogP contribution in [0, 0.1) is 0 Å². The quantitative estimate of drug-likeness (QED) is 0.876. The normalized spacial score (nSPS) is 19.1. The summed E-state index contributed by atoms with van der Waals surface area (Å²) in [4.78, 5) is 13.5. The number of amides is 2. The standard InChI is InChI=1S/C12H15Cl2N3O/c13-9-2-1-8(11(14)5-9)6-16-12(18)17-4-3-10(15)7-17/h1-2,5,10H,3-4,6-7,15H2,(H,16,18)/t10-/m1/s1. The minimum atomic E-state index is -0.103. The van der Waals surface area contributed by atoms with E-state index in [0.717, 1.165) is 12.0 Å². The van der Waals surface area contributed by atoms with Crippen LogP contribution in [0.25, 0.3) is 0 Å². The largest absolute Gasteiger partial charge is 0.334 e. The molecule has 1 aliphatic rings. The second kappa shape index (κ2) is 5.78. The molecule has 0 radical (unpaired) electrons. The van der Waals surface area contributed by atoms with Crippen molar-refractivity contribution in [2.75, 3.05) is 13.1 Å². The van der Waals surface area contributed by atoms with Gasteiger partial charge in [0.1, 0.15) is 0 Å². The molecular formula is C12H15Cl2N3O. The van der Waals surface area contributed by atoms with Gasteiger partial charge in [-0.05, 0) is 24.1 Å². The van der Waals surface area contributed by atoms with Crippen molar-refractivity contribution in [3.63, 3.8) is 0 Å². The van der Waals surface area contributed by atoms with E-state index in [4.69, 9.17) is 28.9 Å². The highest BCUT2D eigenvalue weighted by molar-refractivity contribution is 6.35. The van der Waals surface area contributed by atoms with Crippen molar-refractivity contribution in [1.29, 1.82) is 0 Å². The Morgan fingerprint density at radius 1 is 1.50 bits per heavy atom. The molecule has 1 saturated heterocycles. The minimum absolute atomic E-state index is 0.0925. The van der Waals surface area contributed by atoms with Crippen molar-refractivity contribution < 1.29 is 4.79 Å². The predicted molar refractivity (Wildman–Crippen MR) is 72.9 cm³/mol. The van der Waals surface area contributed by atoms with Gasteiger partial charge in [0.05, 0.1) is 0 Å². The van der Waals surface area contributed by atoms with Crippen molar-refractivity contribution in [3.05, 3.63) is 33.8 Å². The number of nitrogens with two attached hydrogens (primary N) is 1. The topological polar surface area (TPSA) is 58.4 Å². The molecule has 1 heterocycles. The molecule has 0 unspecified atom stereocenters. The molecule has 1 aromatic carbocycles. The van der Waals surface area contributed by atoms with E-state index in [2.05, 4.69) is 5.32 Å². The van der Waals surface area contributed by atoms with E-state index in [1.54, 1.807) is 23.1 Å². The Hall–Kier alpha value is -0.970. The fourth-order valence-corrected chi connectivity index (χ4v) is 2.39. The molecule has 1 aromatic rings. The molecule has 0 aromatic heterocycles. The third kappa shape index (κ3) is 3.28. The molecule has 1 aliphatic heterocycles. The maximum Gasteiger partial charge on any atom is 0.317 e. The van der Waals surface area contributed by atoms with E-state index < -0.39 is 0 Å². The Labute approximate surface area is 116 Å². The molecule has 4 nitrogen and oxygen atoms in total. The third-order valence-electron chi connectivity index (χ3n) is 2.96. The number of rotatable bonds is 2. The van der Waals surface area contributed by atoms with Gasteiger partial charge in [-0.2, -0.15) is 0 Å². The monoisotopic (exact) mass is 287 g/mol. The second-order valence-electron chi connectivity index (χ2n) is 4.39. The SMILES string of the molecule is N[C@@H]1CCN(C(=O)NCc2ccc(Cl)cc2Cl)C1. The van der Waals surface area contributed by atoms with Gasteiger partial charge in [0.2, 0.25) is 0 Å². The maximum absolute atomic E-state index is 11.8. The Balaban J connectivity index is 1.89. The summed E-state index contributed by atoms with van der Waals surface area (Å²) in [5, 5.41) is 3.97. The average molecular weight is 288 g/mol. The van der Waals surface area contributed by atoms with Crippen molar-refractivity contribution in [1.82, 2.24) is 10.2 Å². The van der Waals surface area contributed by atoms with E-state index in [9.17, 15) is 4.79 Å². The number of benzene rings is 1. The van der Waals surface area contributed by atoms with Gasteiger partial charge in [-0.15, -0.1) is 0 Å². The zero-order valence-electron chi connectivity index (χ0n) is 9.83. The van der Waals surface area contributed by atoms with E-state index in [1.165, 1.54) is 0 Å². The number of nitrogens with zero attached hydrogens (tertiary/aromatic N) is 1. The van der Waals surface area contributed by atoms with Gasteiger partial charge in [0.25, 0.3) is 0 Å². The molecule has 6 heteroatoms. The second-order valence-corrected chi connectivity index (χ2v) is 5.23. The van der Waals surface area contributed by atoms with E-state index in [1.807, 2.05) is 0 Å². The molecule has 1 fully saturated rings. The lowest BCUT2D eigenvalue weighted by atomic mass is 10.2. The first kappa shape index (κ1) is 13.5. The Bertz CT molecular complexity index is 453. The van der Waals surface area contributed by atoms with Crippen LogP contribution in [-0.4, -0.2) is 30.1 Å². The number of halogens is 2. The van der Waals surface area contributed by atoms with Crippen LogP contribution in [-0.2, 0) is 6.54 Å². The number of nitrogens with one attached hydrogen (secondary N) is 1. The van der Waals surface area contributed by atoms with Gasteiger partial charge < -0.3 is 16.0 Å². The van der Waals surface area contributed by atoms with Crippen LogP contribution in [0.15, 0.2) is 18.2 Å². The first-order valence-electron chi connectivity index (χ1n) is 5.78. The van der Waals surface area contributed by atoms with Crippen LogP contribution in [0.1, 0.15) is 12.0 Å². The molecule has 3 N–H and O–H groups in total. The van der Waals surface area contributed by atoms with Crippen molar-refractivity contribution in [2.45, 2.75) is 19.0 Å². The summed E-state index contributed by atoms with van der Waals surface area (Å²) in [7, 11) is 0. The predicted octanol–water partition coefficient (Wildman–Crippen LogP) is 2.24. The van der Waals surface area contributed by atoms with Crippen LogP contribution in [0.3, 0.4) is 0 Å². The lowest BCUT2D eigenvalue weighted by Gasteiger charge is -2.17. The minimum Gasteiger partial charge on any atom is -0.334 e. The van der Waals surface area contributed by atoms with Gasteiger partial charge in [-0.3, -0.25) is 0 Å². The number of urea groups is 1. The van der Waals surface area contributed by atoms with Crippen LogP contribution < -0.4 is 11.1 Å². The Morgan fingerprint density at radius 3 is 2.89 bits per heavy atom. The molecule has 0 spiro atoms. The summed E-state index contributed by atoms with van der Waals surface area (Å²) < 4.78 is 0. The van der Waals surface area contributed by atoms with Crippen LogP contribution in [0.5, 0.6) is 0 Å². The fourth-order valence-electron chi connectivity index (χ4n) is 1.92. The molecule has 1 atom stereocenters. The lowest BCUT2D eigenvalue weighted by molar-refractivity contribution is 0.208.